The van der Waals surface area contributed by atoms with Crippen LogP contribution in [0.3, 0.4) is 0 Å². The number of rotatable bonds is 6. The summed E-state index contributed by atoms with van der Waals surface area (Å²) in [6.07, 6.45) is -11.1. The zero-order valence-corrected chi connectivity index (χ0v) is 22.2. The summed E-state index contributed by atoms with van der Waals surface area (Å²) >= 11 is 0. The number of hydrogen-bond donors (Lipinski definition) is 1. The average Bonchev–Trinajstić information content (AvgIpc) is 2.86. The molecular formula is C27H22F7NO5S. The quantitative estimate of drug-likeness (QED) is 0.307. The number of carbonyl (C=O) groups is 1. The Hall–Kier alpha value is -3.81. The van der Waals surface area contributed by atoms with Crippen molar-refractivity contribution in [1.82, 2.24) is 0 Å². The second-order valence-electron chi connectivity index (χ2n) is 10.1. The summed E-state index contributed by atoms with van der Waals surface area (Å²) in [5.74, 6) is -2.39. The van der Waals surface area contributed by atoms with Gasteiger partial charge in [0.1, 0.15) is 17.7 Å². The van der Waals surface area contributed by atoms with E-state index in [1.54, 1.807) is 0 Å². The first kappa shape index (κ1) is 30.2. The van der Waals surface area contributed by atoms with E-state index in [1.165, 1.54) is 13.8 Å². The van der Waals surface area contributed by atoms with Crippen molar-refractivity contribution >= 4 is 21.7 Å². The van der Waals surface area contributed by atoms with Crippen molar-refractivity contribution in [3.8, 4) is 16.9 Å². The Bertz CT molecular complexity index is 1600. The van der Waals surface area contributed by atoms with Gasteiger partial charge >= 0.3 is 18.3 Å². The minimum atomic E-state index is -4.90. The summed E-state index contributed by atoms with van der Waals surface area (Å²) in [4.78, 5) is 10.9. The number of nitrogens with zero attached hydrogens (tertiary/aromatic N) is 1. The van der Waals surface area contributed by atoms with Gasteiger partial charge in [0.25, 0.3) is 10.0 Å². The van der Waals surface area contributed by atoms with Crippen LogP contribution in [0.25, 0.3) is 11.1 Å². The molecule has 0 spiro atoms. The minimum Gasteiger partial charge on any atom is -0.486 e. The Morgan fingerprint density at radius 2 is 1.66 bits per heavy atom. The topological polar surface area (TPSA) is 83.9 Å². The summed E-state index contributed by atoms with van der Waals surface area (Å²) in [5, 5.41) is 9.54. The molecule has 0 bridgehead atoms. The predicted molar refractivity (Wildman–Crippen MR) is 133 cm³/mol. The molecule has 1 heterocycles. The molecule has 41 heavy (non-hydrogen) atoms. The second-order valence-corrected chi connectivity index (χ2v) is 11.9. The molecule has 1 N–H and O–H groups in total. The number of alkyl halides is 6. The molecule has 1 aliphatic heterocycles. The van der Waals surface area contributed by atoms with Crippen molar-refractivity contribution in [2.75, 3.05) is 10.8 Å². The first-order chi connectivity index (χ1) is 18.8. The SMILES string of the molecule is CC(C)(CC1CN(S(=O)(=O)c2cccc(C(F)(F)F)c2)c2cc(-c3cc(F)ccc3C(F)(F)F)ccc2O1)C(=O)O. The van der Waals surface area contributed by atoms with Crippen molar-refractivity contribution in [3.05, 3.63) is 77.6 Å². The van der Waals surface area contributed by atoms with Crippen LogP contribution in [-0.2, 0) is 27.2 Å². The van der Waals surface area contributed by atoms with Gasteiger partial charge in [0.15, 0.2) is 0 Å². The van der Waals surface area contributed by atoms with E-state index in [0.29, 0.717) is 34.6 Å². The first-order valence-electron chi connectivity index (χ1n) is 11.9. The summed E-state index contributed by atoms with van der Waals surface area (Å²) < 4.78 is 129. The Kier molecular flexibility index (Phi) is 7.52. The summed E-state index contributed by atoms with van der Waals surface area (Å²) in [5.41, 5.74) is -5.03. The third-order valence-corrected chi connectivity index (χ3v) is 8.33. The highest BCUT2D eigenvalue weighted by atomic mass is 32.2. The third-order valence-electron chi connectivity index (χ3n) is 6.56. The van der Waals surface area contributed by atoms with Gasteiger partial charge in [0.05, 0.1) is 33.7 Å². The molecule has 14 heteroatoms. The molecule has 0 saturated heterocycles. The van der Waals surface area contributed by atoms with Gasteiger partial charge in [0.2, 0.25) is 0 Å². The van der Waals surface area contributed by atoms with Gasteiger partial charge in [-0.1, -0.05) is 12.1 Å². The molecule has 0 saturated carbocycles. The standard InChI is InChI=1S/C27H22F7NO5S/c1-25(2,24(36)37)13-18-14-35(41(38,39)19-5-3-4-16(11-19)26(29,30)31)22-10-15(6-9-23(22)40-18)20-12-17(28)7-8-21(20)27(32,33)34/h3-12,18H,13-14H2,1-2H3,(H,36,37). The zero-order valence-electron chi connectivity index (χ0n) is 21.3. The van der Waals surface area contributed by atoms with Crippen molar-refractivity contribution in [1.29, 1.82) is 0 Å². The van der Waals surface area contributed by atoms with Crippen LogP contribution in [0.2, 0.25) is 0 Å². The number of carboxylic acid groups (broad SMARTS) is 1. The van der Waals surface area contributed by atoms with Gasteiger partial charge in [-0.3, -0.25) is 9.10 Å². The van der Waals surface area contributed by atoms with Crippen LogP contribution in [-0.4, -0.2) is 32.1 Å². The largest absolute Gasteiger partial charge is 0.486 e. The maximum Gasteiger partial charge on any atom is 0.417 e. The number of aliphatic carboxylic acids is 1. The molecular weight excluding hydrogens is 583 g/mol. The van der Waals surface area contributed by atoms with Crippen molar-refractivity contribution < 1.29 is 53.8 Å². The van der Waals surface area contributed by atoms with Crippen molar-refractivity contribution in [2.24, 2.45) is 5.41 Å². The second kappa shape index (κ2) is 10.2. The predicted octanol–water partition coefficient (Wildman–Crippen LogP) is 6.99. The number of sulfonamides is 1. The monoisotopic (exact) mass is 605 g/mol. The van der Waals surface area contributed by atoms with Gasteiger partial charge in [-0.15, -0.1) is 0 Å². The highest BCUT2D eigenvalue weighted by Gasteiger charge is 2.41. The smallest absolute Gasteiger partial charge is 0.417 e. The number of carboxylic acids is 1. The van der Waals surface area contributed by atoms with E-state index in [1.807, 2.05) is 0 Å². The zero-order chi connectivity index (χ0) is 30.5. The molecule has 1 unspecified atom stereocenters. The summed E-state index contributed by atoms with van der Waals surface area (Å²) in [7, 11) is -4.80. The van der Waals surface area contributed by atoms with Crippen molar-refractivity contribution in [3.63, 3.8) is 0 Å². The molecule has 1 atom stereocenters. The van der Waals surface area contributed by atoms with Gasteiger partial charge in [-0.2, -0.15) is 26.3 Å². The number of hydrogen-bond acceptors (Lipinski definition) is 4. The molecule has 1 aliphatic rings. The molecule has 4 rings (SSSR count). The lowest BCUT2D eigenvalue weighted by Gasteiger charge is -2.38. The third kappa shape index (κ3) is 6.11. The van der Waals surface area contributed by atoms with Gasteiger partial charge in [0, 0.05) is 6.42 Å². The maximum absolute atomic E-state index is 14.0. The lowest BCUT2D eigenvalue weighted by atomic mass is 9.86. The Morgan fingerprint density at radius 1 is 0.976 bits per heavy atom. The van der Waals surface area contributed by atoms with E-state index in [9.17, 15) is 49.1 Å². The molecule has 0 amide bonds. The normalized spacial score (nSPS) is 16.2. The van der Waals surface area contributed by atoms with E-state index >= 15 is 0 Å². The van der Waals surface area contributed by atoms with Gasteiger partial charge < -0.3 is 9.84 Å². The number of fused-ring (bicyclic) bond motifs is 1. The lowest BCUT2D eigenvalue weighted by Crippen LogP contribution is -2.46. The fraction of sp³-hybridized carbons (Fsp3) is 0.296. The van der Waals surface area contributed by atoms with Gasteiger partial charge in [-0.05, 0) is 73.5 Å². The van der Waals surface area contributed by atoms with Crippen molar-refractivity contribution in [2.45, 2.75) is 43.6 Å². The molecule has 220 valence electrons. The molecule has 3 aromatic carbocycles. The highest BCUT2D eigenvalue weighted by molar-refractivity contribution is 7.92. The van der Waals surface area contributed by atoms with E-state index in [2.05, 4.69) is 0 Å². The molecule has 0 aliphatic carbocycles. The van der Waals surface area contributed by atoms with Crippen LogP contribution < -0.4 is 9.04 Å². The van der Waals surface area contributed by atoms with E-state index < -0.39 is 73.8 Å². The van der Waals surface area contributed by atoms with Crippen LogP contribution in [0.1, 0.15) is 31.4 Å². The molecule has 3 aromatic rings. The molecule has 6 nitrogen and oxygen atoms in total. The number of anilines is 1. The average molecular weight is 606 g/mol. The lowest BCUT2D eigenvalue weighted by molar-refractivity contribution is -0.148. The molecule has 0 fully saturated rings. The Morgan fingerprint density at radius 3 is 2.27 bits per heavy atom. The van der Waals surface area contributed by atoms with Crippen LogP contribution in [0, 0.1) is 11.2 Å². The fourth-order valence-electron chi connectivity index (χ4n) is 4.43. The highest BCUT2D eigenvalue weighted by Crippen LogP contribution is 2.44. The first-order valence-corrected chi connectivity index (χ1v) is 13.4. The van der Waals surface area contributed by atoms with E-state index in [4.69, 9.17) is 4.74 Å². The van der Waals surface area contributed by atoms with E-state index in [0.717, 1.165) is 30.3 Å². The number of benzene rings is 3. The summed E-state index contributed by atoms with van der Waals surface area (Å²) in [6, 6.07) is 7.96. The Balaban J connectivity index is 1.90. The molecule has 0 radical (unpaired) electrons. The maximum atomic E-state index is 14.0. The van der Waals surface area contributed by atoms with Crippen LogP contribution in [0.15, 0.2) is 65.6 Å². The number of halogens is 7. The number of ether oxygens (including phenoxy) is 1. The summed E-state index contributed by atoms with van der Waals surface area (Å²) in [6.45, 7) is 2.16. The molecule has 0 aromatic heterocycles. The fourth-order valence-corrected chi connectivity index (χ4v) is 5.98. The Labute approximate surface area is 230 Å². The van der Waals surface area contributed by atoms with E-state index in [-0.39, 0.29) is 23.4 Å². The minimum absolute atomic E-state index is 0.174. The van der Waals surface area contributed by atoms with Crippen LogP contribution >= 0.6 is 0 Å². The van der Waals surface area contributed by atoms with Crippen LogP contribution in [0.4, 0.5) is 36.4 Å². The van der Waals surface area contributed by atoms with Gasteiger partial charge in [-0.25, -0.2) is 12.8 Å². The van der Waals surface area contributed by atoms with Crippen LogP contribution in [0.5, 0.6) is 5.75 Å².